The van der Waals surface area contributed by atoms with Gasteiger partial charge in [-0.25, -0.2) is 0 Å². The van der Waals surface area contributed by atoms with Crippen LogP contribution >= 0.6 is 0 Å². The third kappa shape index (κ3) is 6.86. The van der Waals surface area contributed by atoms with Gasteiger partial charge < -0.3 is 64.9 Å². The Morgan fingerprint density at radius 1 is 0.815 bits per heavy atom. The minimum Gasteiger partial charge on any atom is -0.394 e. The van der Waals surface area contributed by atoms with Gasteiger partial charge in [-0.05, 0) is 117 Å². The monoisotopic (exact) mass is 770 g/mol. The van der Waals surface area contributed by atoms with E-state index in [1.807, 2.05) is 13.8 Å². The van der Waals surface area contributed by atoms with E-state index in [0.29, 0.717) is 32.1 Å². The summed E-state index contributed by atoms with van der Waals surface area (Å²) in [7, 11) is 0. The van der Waals surface area contributed by atoms with E-state index in [1.165, 1.54) is 12.5 Å². The third-order valence-corrected chi connectivity index (χ3v) is 16.0. The van der Waals surface area contributed by atoms with Gasteiger partial charge in [0.25, 0.3) is 0 Å². The van der Waals surface area contributed by atoms with Crippen LogP contribution in [-0.2, 0) is 18.9 Å². The van der Waals surface area contributed by atoms with Crippen LogP contribution in [0, 0.1) is 45.3 Å². The molecule has 0 amide bonds. The summed E-state index contributed by atoms with van der Waals surface area (Å²) in [6.45, 7) is 15.9. The smallest absolute Gasteiger partial charge is 0.187 e. The molecule has 2 saturated heterocycles. The van der Waals surface area contributed by atoms with Crippen molar-refractivity contribution in [2.45, 2.75) is 193 Å². The number of allylic oxidation sites excluding steroid dienone is 2. The summed E-state index contributed by atoms with van der Waals surface area (Å²) in [5, 5.41) is 99.6. The minimum absolute atomic E-state index is 0.0524. The molecule has 21 atom stereocenters. The van der Waals surface area contributed by atoms with Crippen LogP contribution in [0.1, 0.15) is 107 Å². The van der Waals surface area contributed by atoms with E-state index in [9.17, 15) is 46.0 Å². The van der Waals surface area contributed by atoms with Gasteiger partial charge in [0.15, 0.2) is 12.6 Å². The Hall–Kier alpha value is -0.780. The standard InChI is InChI=1S/C41H70O13/c1-19(2)10-9-11-22(43)21-12-15-40(7)28(21)23(44)16-26-39(6)14-13-27(45)38(4,5)35(39)24(17-41(26,40)8)52-37-34(32(49)30(47)25(18-42)53-37)54-36-33(50)31(48)29(46)20(3)51-36/h10,20-37,42-50H,9,11-18H2,1-8H3. The molecule has 4 saturated carbocycles. The molecule has 13 nitrogen and oxygen atoms in total. The molecular formula is C41H70O13. The lowest BCUT2D eigenvalue weighted by Crippen LogP contribution is -2.71. The largest absolute Gasteiger partial charge is 0.394 e. The second-order valence-electron chi connectivity index (χ2n) is 19.6. The SMILES string of the molecule is CC(C)=CCCC(O)C1CCC2(C)C1C(O)CC1C3(C)CCC(O)C(C)(C)C3C(OC3OC(CO)C(O)C(O)C3OC3OC(C)C(O)C(O)C3O)CC12C. The lowest BCUT2D eigenvalue weighted by atomic mass is 9.34. The molecule has 9 N–H and O–H groups in total. The highest BCUT2D eigenvalue weighted by Crippen LogP contribution is 2.75. The van der Waals surface area contributed by atoms with Gasteiger partial charge >= 0.3 is 0 Å². The van der Waals surface area contributed by atoms with E-state index in [2.05, 4.69) is 40.7 Å². The quantitative estimate of drug-likeness (QED) is 0.121. The maximum Gasteiger partial charge on any atom is 0.187 e. The topological polar surface area (TPSA) is 219 Å². The summed E-state index contributed by atoms with van der Waals surface area (Å²) in [5.41, 5.74) is -0.657. The number of aliphatic hydroxyl groups excluding tert-OH is 9. The van der Waals surface area contributed by atoms with E-state index >= 15 is 0 Å². The number of rotatable bonds is 9. The second kappa shape index (κ2) is 15.4. The summed E-state index contributed by atoms with van der Waals surface area (Å²) in [5.74, 6) is -0.422. The molecule has 0 aromatic carbocycles. The molecule has 0 aromatic heterocycles. The molecule has 0 spiro atoms. The number of fused-ring (bicyclic) bond motifs is 5. The number of aliphatic hydroxyl groups is 9. The Bertz CT molecular complexity index is 1340. The Labute approximate surface area is 320 Å². The molecule has 6 rings (SSSR count). The van der Waals surface area contributed by atoms with Crippen molar-refractivity contribution in [3.8, 4) is 0 Å². The molecule has 0 radical (unpaired) electrons. The Morgan fingerprint density at radius 2 is 1.50 bits per heavy atom. The zero-order valence-corrected chi connectivity index (χ0v) is 33.5. The predicted octanol–water partition coefficient (Wildman–Crippen LogP) is 1.76. The van der Waals surface area contributed by atoms with Crippen LogP contribution in [0.4, 0.5) is 0 Å². The zero-order valence-electron chi connectivity index (χ0n) is 33.5. The molecule has 54 heavy (non-hydrogen) atoms. The summed E-state index contributed by atoms with van der Waals surface area (Å²) in [4.78, 5) is 0. The summed E-state index contributed by atoms with van der Waals surface area (Å²) in [6.07, 6.45) is -9.36. The maximum absolute atomic E-state index is 12.1. The predicted molar refractivity (Wildman–Crippen MR) is 196 cm³/mol. The average molecular weight is 771 g/mol. The Morgan fingerprint density at radius 3 is 2.15 bits per heavy atom. The first kappa shape index (κ1) is 42.8. The number of hydrogen-bond donors (Lipinski definition) is 9. The van der Waals surface area contributed by atoms with Crippen molar-refractivity contribution >= 4 is 0 Å². The highest BCUT2D eigenvalue weighted by Gasteiger charge is 2.73. The minimum atomic E-state index is -1.69. The van der Waals surface area contributed by atoms with Crippen LogP contribution in [0.15, 0.2) is 11.6 Å². The highest BCUT2D eigenvalue weighted by atomic mass is 16.8. The fraction of sp³-hybridized carbons (Fsp3) is 0.951. The lowest BCUT2D eigenvalue weighted by molar-refractivity contribution is -0.382. The van der Waals surface area contributed by atoms with Crippen LogP contribution in [0.3, 0.4) is 0 Å². The van der Waals surface area contributed by atoms with Gasteiger partial charge in [-0.3, -0.25) is 0 Å². The molecule has 312 valence electrons. The van der Waals surface area contributed by atoms with Crippen molar-refractivity contribution in [2.24, 2.45) is 45.3 Å². The van der Waals surface area contributed by atoms with Crippen LogP contribution in [-0.4, -0.2) is 138 Å². The fourth-order valence-corrected chi connectivity index (χ4v) is 13.0. The maximum atomic E-state index is 12.1. The first-order valence-corrected chi connectivity index (χ1v) is 20.4. The Balaban J connectivity index is 1.37. The van der Waals surface area contributed by atoms with E-state index in [-0.39, 0.29) is 29.1 Å². The van der Waals surface area contributed by atoms with E-state index in [0.717, 1.165) is 19.3 Å². The normalized spacial score (nSPS) is 53.5. The van der Waals surface area contributed by atoms with Gasteiger partial charge in [0.05, 0.1) is 37.1 Å². The fourth-order valence-electron chi connectivity index (χ4n) is 13.0. The molecule has 2 heterocycles. The van der Waals surface area contributed by atoms with Crippen LogP contribution in [0.25, 0.3) is 0 Å². The zero-order chi connectivity index (χ0) is 39.9. The summed E-state index contributed by atoms with van der Waals surface area (Å²) >= 11 is 0. The molecule has 0 aromatic rings. The Kier molecular flexibility index (Phi) is 12.2. The van der Waals surface area contributed by atoms with Crippen LogP contribution in [0.2, 0.25) is 0 Å². The first-order chi connectivity index (χ1) is 25.1. The highest BCUT2D eigenvalue weighted by molar-refractivity contribution is 5.21. The number of hydrogen-bond acceptors (Lipinski definition) is 13. The van der Waals surface area contributed by atoms with Gasteiger partial charge in [-0.2, -0.15) is 0 Å². The number of ether oxygens (including phenoxy) is 4. The van der Waals surface area contributed by atoms with Crippen molar-refractivity contribution in [2.75, 3.05) is 6.61 Å². The van der Waals surface area contributed by atoms with Gasteiger partial charge in [-0.1, -0.05) is 46.3 Å². The molecule has 21 unspecified atom stereocenters. The molecular weight excluding hydrogens is 700 g/mol. The summed E-state index contributed by atoms with van der Waals surface area (Å²) in [6, 6.07) is 0. The molecule has 13 heteroatoms. The third-order valence-electron chi connectivity index (χ3n) is 16.0. The van der Waals surface area contributed by atoms with Gasteiger partial charge in [0.1, 0.15) is 42.7 Å². The van der Waals surface area contributed by atoms with Crippen molar-refractivity contribution in [3.63, 3.8) is 0 Å². The first-order valence-electron chi connectivity index (χ1n) is 20.4. The van der Waals surface area contributed by atoms with Crippen molar-refractivity contribution < 1.29 is 64.9 Å². The van der Waals surface area contributed by atoms with E-state index < -0.39 is 109 Å². The molecule has 2 aliphatic heterocycles. The lowest BCUT2D eigenvalue weighted by Gasteiger charge is -2.72. The van der Waals surface area contributed by atoms with Crippen molar-refractivity contribution in [3.05, 3.63) is 11.6 Å². The second-order valence-corrected chi connectivity index (χ2v) is 19.6. The molecule has 4 aliphatic carbocycles. The van der Waals surface area contributed by atoms with Gasteiger partial charge in [-0.15, -0.1) is 0 Å². The summed E-state index contributed by atoms with van der Waals surface area (Å²) < 4.78 is 25.1. The molecule has 6 aliphatic rings. The van der Waals surface area contributed by atoms with Gasteiger partial charge in [0, 0.05) is 0 Å². The van der Waals surface area contributed by atoms with Gasteiger partial charge in [0.2, 0.25) is 0 Å². The van der Waals surface area contributed by atoms with E-state index in [1.54, 1.807) is 0 Å². The van der Waals surface area contributed by atoms with Crippen LogP contribution in [0.5, 0.6) is 0 Å². The molecule has 0 bridgehead atoms. The molecule has 6 fully saturated rings. The van der Waals surface area contributed by atoms with E-state index in [4.69, 9.17) is 18.9 Å². The van der Waals surface area contributed by atoms with Crippen molar-refractivity contribution in [1.82, 2.24) is 0 Å². The average Bonchev–Trinajstić information content (AvgIpc) is 3.48. The van der Waals surface area contributed by atoms with Crippen molar-refractivity contribution in [1.29, 1.82) is 0 Å². The van der Waals surface area contributed by atoms with Crippen LogP contribution < -0.4 is 0 Å².